The Hall–Kier alpha value is 1.37. The summed E-state index contributed by atoms with van der Waals surface area (Å²) in [7, 11) is -1.87. The minimum Gasteiger partial charge on any atom is -0.119 e. The summed E-state index contributed by atoms with van der Waals surface area (Å²) in [5.41, 5.74) is 0. The Kier molecular flexibility index (Phi) is 21.1. The molecule has 0 saturated heterocycles. The fourth-order valence-electron chi connectivity index (χ4n) is 1.37. The van der Waals surface area contributed by atoms with Gasteiger partial charge in [-0.2, -0.15) is 0 Å². The summed E-state index contributed by atoms with van der Waals surface area (Å²) in [5.74, 6) is 0. The van der Waals surface area contributed by atoms with E-state index < -0.39 is 8.25 Å². The average Bonchev–Trinajstić information content (AvgIpc) is 2.28. The van der Waals surface area contributed by atoms with Crippen molar-refractivity contribution in [1.82, 2.24) is 0 Å². The Morgan fingerprint density at radius 3 is 1.53 bits per heavy atom. The van der Waals surface area contributed by atoms with Crippen molar-refractivity contribution in [2.75, 3.05) is 13.2 Å². The minimum absolute atomic E-state index is 0. The van der Waals surface area contributed by atoms with Crippen LogP contribution in [0.15, 0.2) is 0 Å². The summed E-state index contributed by atoms with van der Waals surface area (Å²) in [6.07, 6.45) is 9.12. The molecule has 0 aliphatic rings. The summed E-state index contributed by atoms with van der Waals surface area (Å²) >= 11 is 0. The third kappa shape index (κ3) is 17.4. The Morgan fingerprint density at radius 1 is 0.765 bits per heavy atom. The molecular formula is C12H26NdO3P+. The first kappa shape index (κ1) is 20.7. The van der Waals surface area contributed by atoms with Crippen LogP contribution in [-0.2, 0) is 13.6 Å². The van der Waals surface area contributed by atoms with E-state index in [2.05, 4.69) is 13.8 Å². The van der Waals surface area contributed by atoms with Gasteiger partial charge in [0.15, 0.2) is 0 Å². The molecule has 0 spiro atoms. The molecular weight excluding hydrogens is 367 g/mol. The predicted octanol–water partition coefficient (Wildman–Crippen LogP) is 4.84. The maximum Gasteiger partial charge on any atom is 0.697 e. The number of hydrogen-bond donors (Lipinski definition) is 0. The molecule has 17 heavy (non-hydrogen) atoms. The van der Waals surface area contributed by atoms with E-state index >= 15 is 0 Å². The normalized spacial score (nSPS) is 10.0. The van der Waals surface area contributed by atoms with E-state index in [0.717, 1.165) is 25.7 Å². The average molecular weight is 394 g/mol. The second kappa shape index (κ2) is 17.4. The third-order valence-electron chi connectivity index (χ3n) is 2.39. The van der Waals surface area contributed by atoms with Gasteiger partial charge in [0.2, 0.25) is 0 Å². The van der Waals surface area contributed by atoms with Crippen molar-refractivity contribution in [2.24, 2.45) is 0 Å². The molecule has 0 atom stereocenters. The molecule has 0 aliphatic heterocycles. The number of rotatable bonds is 12. The Labute approximate surface area is 140 Å². The molecule has 0 heterocycles. The van der Waals surface area contributed by atoms with Crippen molar-refractivity contribution >= 4 is 8.25 Å². The topological polar surface area (TPSA) is 35.5 Å². The fourth-order valence-corrected chi connectivity index (χ4v) is 2.00. The van der Waals surface area contributed by atoms with Crippen LogP contribution in [0.5, 0.6) is 0 Å². The van der Waals surface area contributed by atoms with Crippen LogP contribution in [0.3, 0.4) is 0 Å². The summed E-state index contributed by atoms with van der Waals surface area (Å²) in [5, 5.41) is 0. The SMILES string of the molecule is CCCCCCO[P+](=O)OCCCCCC.[Nd]. The molecule has 0 unspecified atom stereocenters. The molecule has 100 valence electrons. The van der Waals surface area contributed by atoms with Gasteiger partial charge in [0.25, 0.3) is 0 Å². The van der Waals surface area contributed by atoms with Crippen LogP contribution < -0.4 is 0 Å². The molecule has 0 saturated carbocycles. The molecule has 0 N–H and O–H groups in total. The maximum absolute atomic E-state index is 11.2. The molecule has 0 rings (SSSR count). The molecule has 0 amide bonds. The van der Waals surface area contributed by atoms with Crippen LogP contribution in [0.25, 0.3) is 0 Å². The quantitative estimate of drug-likeness (QED) is 0.352. The van der Waals surface area contributed by atoms with Gasteiger partial charge in [0, 0.05) is 45.4 Å². The Morgan fingerprint density at radius 2 is 1.18 bits per heavy atom. The van der Waals surface area contributed by atoms with E-state index in [0.29, 0.717) is 13.2 Å². The molecule has 0 radical (unpaired) electrons. The molecule has 0 aromatic heterocycles. The van der Waals surface area contributed by atoms with Crippen molar-refractivity contribution in [3.63, 3.8) is 0 Å². The van der Waals surface area contributed by atoms with Crippen molar-refractivity contribution in [1.29, 1.82) is 0 Å². The molecule has 0 aliphatic carbocycles. The predicted molar refractivity (Wildman–Crippen MR) is 67.8 cm³/mol. The molecule has 0 aromatic rings. The monoisotopic (exact) mass is 391 g/mol. The van der Waals surface area contributed by atoms with E-state index in [1.807, 2.05) is 0 Å². The van der Waals surface area contributed by atoms with Gasteiger partial charge in [-0.05, 0) is 12.8 Å². The van der Waals surface area contributed by atoms with Gasteiger partial charge in [-0.3, -0.25) is 0 Å². The van der Waals surface area contributed by atoms with E-state index in [1.54, 1.807) is 0 Å². The fraction of sp³-hybridized carbons (Fsp3) is 1.00. The van der Waals surface area contributed by atoms with Crippen LogP contribution in [-0.4, -0.2) is 13.2 Å². The summed E-state index contributed by atoms with van der Waals surface area (Å²) in [4.78, 5) is 0. The first-order chi connectivity index (χ1) is 7.81. The standard InChI is InChI=1S/C12H26O3P.Nd/c1-3-5-7-9-11-14-16(13)15-12-10-8-6-4-2;/h3-12H2,1-2H3;/q+1;. The maximum atomic E-state index is 11.2. The van der Waals surface area contributed by atoms with E-state index in [4.69, 9.17) is 9.05 Å². The van der Waals surface area contributed by atoms with Crippen molar-refractivity contribution in [3.8, 4) is 0 Å². The van der Waals surface area contributed by atoms with Gasteiger partial charge in [0.05, 0.1) is 0 Å². The van der Waals surface area contributed by atoms with Gasteiger partial charge < -0.3 is 0 Å². The second-order valence-corrected chi connectivity index (χ2v) is 4.97. The van der Waals surface area contributed by atoms with Gasteiger partial charge in [-0.1, -0.05) is 52.4 Å². The van der Waals surface area contributed by atoms with Crippen LogP contribution in [0.2, 0.25) is 0 Å². The van der Waals surface area contributed by atoms with Gasteiger partial charge >= 0.3 is 8.25 Å². The van der Waals surface area contributed by atoms with Gasteiger partial charge in [-0.15, -0.1) is 9.05 Å². The number of unbranched alkanes of at least 4 members (excludes halogenated alkanes) is 6. The Balaban J connectivity index is 0. The smallest absolute Gasteiger partial charge is 0.119 e. The molecule has 3 nitrogen and oxygen atoms in total. The van der Waals surface area contributed by atoms with Crippen LogP contribution in [0.1, 0.15) is 65.2 Å². The molecule has 0 fully saturated rings. The summed E-state index contributed by atoms with van der Waals surface area (Å²) in [6.45, 7) is 5.45. The summed E-state index contributed by atoms with van der Waals surface area (Å²) in [6, 6.07) is 0. The second-order valence-electron chi connectivity index (χ2n) is 4.01. The van der Waals surface area contributed by atoms with E-state index in [-0.39, 0.29) is 40.8 Å². The molecule has 0 bridgehead atoms. The molecule has 0 aromatic carbocycles. The Bertz CT molecular complexity index is 152. The first-order valence-electron chi connectivity index (χ1n) is 6.54. The van der Waals surface area contributed by atoms with Gasteiger partial charge in [0.1, 0.15) is 13.2 Å². The van der Waals surface area contributed by atoms with Crippen LogP contribution in [0.4, 0.5) is 0 Å². The van der Waals surface area contributed by atoms with Crippen LogP contribution in [0, 0.1) is 40.8 Å². The van der Waals surface area contributed by atoms with Crippen molar-refractivity contribution < 1.29 is 54.5 Å². The zero-order chi connectivity index (χ0) is 12.1. The zero-order valence-electron chi connectivity index (χ0n) is 11.2. The van der Waals surface area contributed by atoms with Crippen molar-refractivity contribution in [3.05, 3.63) is 0 Å². The number of hydrogen-bond acceptors (Lipinski definition) is 3. The third-order valence-corrected chi connectivity index (χ3v) is 3.18. The van der Waals surface area contributed by atoms with E-state index in [1.165, 1.54) is 25.7 Å². The molecule has 5 heteroatoms. The summed E-state index contributed by atoms with van der Waals surface area (Å²) < 4.78 is 21.4. The first-order valence-corrected chi connectivity index (χ1v) is 7.63. The van der Waals surface area contributed by atoms with Crippen molar-refractivity contribution in [2.45, 2.75) is 65.2 Å². The van der Waals surface area contributed by atoms with Gasteiger partial charge in [-0.25, -0.2) is 0 Å². The van der Waals surface area contributed by atoms with E-state index in [9.17, 15) is 4.57 Å². The zero-order valence-corrected chi connectivity index (χ0v) is 15.3. The largest absolute Gasteiger partial charge is 0.697 e. The minimum atomic E-state index is -1.87. The van der Waals surface area contributed by atoms with Crippen LogP contribution >= 0.6 is 8.25 Å².